The van der Waals surface area contributed by atoms with Crippen molar-refractivity contribution in [3.8, 4) is 5.75 Å². The second-order valence-electron chi connectivity index (χ2n) is 4.33. The highest BCUT2D eigenvalue weighted by Crippen LogP contribution is 2.37. The topological polar surface area (TPSA) is 26.3 Å². The number of benzene rings is 1. The van der Waals surface area contributed by atoms with Gasteiger partial charge in [-0.25, -0.2) is 0 Å². The monoisotopic (exact) mass is 236 g/mol. The number of ketones is 1. The minimum absolute atomic E-state index is 0.0969. The number of methoxy groups -OCH3 is 1. The molecule has 2 nitrogen and oxygen atoms in total. The Bertz CT molecular complexity index is 412. The number of ether oxygens (including phenoxy) is 1. The number of thioether (sulfide) groups is 1. The maximum Gasteiger partial charge on any atom is 0.176 e. The van der Waals surface area contributed by atoms with Gasteiger partial charge in [-0.05, 0) is 12.0 Å². The van der Waals surface area contributed by atoms with Gasteiger partial charge in [0.15, 0.2) is 5.78 Å². The van der Waals surface area contributed by atoms with E-state index in [4.69, 9.17) is 4.74 Å². The predicted molar refractivity (Wildman–Crippen MR) is 67.2 cm³/mol. The summed E-state index contributed by atoms with van der Waals surface area (Å²) in [6.07, 6.45) is 0. The van der Waals surface area contributed by atoms with Crippen molar-refractivity contribution < 1.29 is 9.53 Å². The zero-order chi connectivity index (χ0) is 11.7. The number of hydrogen-bond donors (Lipinski definition) is 0. The Morgan fingerprint density at radius 2 is 2.19 bits per heavy atom. The Kier molecular flexibility index (Phi) is 3.24. The molecule has 1 aliphatic heterocycles. The summed E-state index contributed by atoms with van der Waals surface area (Å²) in [4.78, 5) is 12.2. The van der Waals surface area contributed by atoms with Crippen molar-refractivity contribution in [3.05, 3.63) is 29.3 Å². The summed E-state index contributed by atoms with van der Waals surface area (Å²) < 4.78 is 5.29. The Morgan fingerprint density at radius 1 is 1.44 bits per heavy atom. The van der Waals surface area contributed by atoms with Crippen molar-refractivity contribution in [1.29, 1.82) is 0 Å². The van der Waals surface area contributed by atoms with Crippen LogP contribution in [-0.4, -0.2) is 18.1 Å². The van der Waals surface area contributed by atoms with Gasteiger partial charge in [0.05, 0.1) is 12.4 Å². The molecule has 3 heteroatoms. The van der Waals surface area contributed by atoms with Crippen LogP contribution in [0.4, 0.5) is 0 Å². The largest absolute Gasteiger partial charge is 0.496 e. The van der Waals surface area contributed by atoms with Crippen molar-refractivity contribution >= 4 is 17.5 Å². The van der Waals surface area contributed by atoms with Gasteiger partial charge in [-0.3, -0.25) is 4.79 Å². The highest BCUT2D eigenvalue weighted by molar-refractivity contribution is 8.00. The summed E-state index contributed by atoms with van der Waals surface area (Å²) in [5.41, 5.74) is 1.90. The molecule has 1 atom stereocenters. The maximum absolute atomic E-state index is 12.2. The van der Waals surface area contributed by atoms with Crippen molar-refractivity contribution in [3.63, 3.8) is 0 Å². The predicted octanol–water partition coefficient (Wildman–Crippen LogP) is 3.15. The van der Waals surface area contributed by atoms with Crippen molar-refractivity contribution in [1.82, 2.24) is 0 Å². The number of fused-ring (bicyclic) bond motifs is 1. The van der Waals surface area contributed by atoms with E-state index in [1.807, 2.05) is 18.2 Å². The third-order valence-corrected chi connectivity index (χ3v) is 4.46. The second-order valence-corrected chi connectivity index (χ2v) is 5.46. The minimum atomic E-state index is 0.0969. The molecule has 2 rings (SSSR count). The van der Waals surface area contributed by atoms with Crippen LogP contribution in [0.5, 0.6) is 5.75 Å². The molecular formula is C13H16O2S. The van der Waals surface area contributed by atoms with Gasteiger partial charge in [0.2, 0.25) is 0 Å². The third kappa shape index (κ3) is 1.84. The quantitative estimate of drug-likeness (QED) is 0.789. The molecule has 0 aliphatic carbocycles. The van der Waals surface area contributed by atoms with E-state index in [2.05, 4.69) is 13.8 Å². The molecule has 1 unspecified atom stereocenters. The summed E-state index contributed by atoms with van der Waals surface area (Å²) in [6, 6.07) is 5.72. The van der Waals surface area contributed by atoms with Gasteiger partial charge in [0.25, 0.3) is 0 Å². The van der Waals surface area contributed by atoms with Crippen LogP contribution in [0.1, 0.15) is 29.8 Å². The second kappa shape index (κ2) is 4.50. The summed E-state index contributed by atoms with van der Waals surface area (Å²) in [5.74, 6) is 2.34. The lowest BCUT2D eigenvalue weighted by Crippen LogP contribution is -2.28. The summed E-state index contributed by atoms with van der Waals surface area (Å²) in [5, 5.41) is 0.0969. The molecule has 0 radical (unpaired) electrons. The molecule has 0 saturated carbocycles. The van der Waals surface area contributed by atoms with Gasteiger partial charge >= 0.3 is 0 Å². The fourth-order valence-corrected chi connectivity index (χ4v) is 3.34. The zero-order valence-electron chi connectivity index (χ0n) is 9.82. The third-order valence-electron chi connectivity index (χ3n) is 2.89. The number of rotatable bonds is 2. The van der Waals surface area contributed by atoms with Crippen molar-refractivity contribution in [2.24, 2.45) is 5.92 Å². The molecule has 1 aromatic rings. The van der Waals surface area contributed by atoms with E-state index in [0.717, 1.165) is 22.6 Å². The molecule has 1 aliphatic rings. The smallest absolute Gasteiger partial charge is 0.176 e. The molecular weight excluding hydrogens is 220 g/mol. The van der Waals surface area contributed by atoms with Crippen molar-refractivity contribution in [2.45, 2.75) is 24.9 Å². The first-order valence-corrected chi connectivity index (χ1v) is 6.51. The summed E-state index contributed by atoms with van der Waals surface area (Å²) >= 11 is 1.72. The highest BCUT2D eigenvalue weighted by Gasteiger charge is 2.31. The summed E-state index contributed by atoms with van der Waals surface area (Å²) in [6.45, 7) is 4.20. The normalized spacial score (nSPS) is 19.8. The molecule has 1 aromatic carbocycles. The van der Waals surface area contributed by atoms with Crippen LogP contribution in [-0.2, 0) is 5.75 Å². The van der Waals surface area contributed by atoms with Crippen LogP contribution in [0.15, 0.2) is 18.2 Å². The zero-order valence-corrected chi connectivity index (χ0v) is 10.6. The standard InChI is InChI=1S/C13H16O2S/c1-8(2)13-12(14)9-5-4-6-11(15-3)10(9)7-16-13/h4-6,8,13H,7H2,1-3H3. The van der Waals surface area contributed by atoms with Crippen LogP contribution in [0.25, 0.3) is 0 Å². The lowest BCUT2D eigenvalue weighted by atomic mass is 9.96. The fraction of sp³-hybridized carbons (Fsp3) is 0.462. The van der Waals surface area contributed by atoms with Gasteiger partial charge in [-0.1, -0.05) is 26.0 Å². The highest BCUT2D eigenvalue weighted by atomic mass is 32.2. The first-order chi connectivity index (χ1) is 7.65. The lowest BCUT2D eigenvalue weighted by molar-refractivity contribution is 0.0972. The molecule has 16 heavy (non-hydrogen) atoms. The summed E-state index contributed by atoms with van der Waals surface area (Å²) in [7, 11) is 1.65. The SMILES string of the molecule is COc1cccc2c1CSC(C(C)C)C2=O. The number of carbonyl (C=O) groups excluding carboxylic acids is 1. The van der Waals surface area contributed by atoms with E-state index in [0.29, 0.717) is 5.92 Å². The molecule has 0 spiro atoms. The van der Waals surface area contributed by atoms with Crippen LogP contribution in [0.2, 0.25) is 0 Å². The molecule has 0 aromatic heterocycles. The van der Waals surface area contributed by atoms with Crippen LogP contribution in [0.3, 0.4) is 0 Å². The van der Waals surface area contributed by atoms with Gasteiger partial charge in [0.1, 0.15) is 5.75 Å². The Labute approximate surface area is 100 Å². The number of carbonyl (C=O) groups is 1. The van der Waals surface area contributed by atoms with E-state index < -0.39 is 0 Å². The fourth-order valence-electron chi connectivity index (χ4n) is 2.03. The minimum Gasteiger partial charge on any atom is -0.496 e. The Hall–Kier alpha value is -0.960. The lowest BCUT2D eigenvalue weighted by Gasteiger charge is -2.26. The van der Waals surface area contributed by atoms with Gasteiger partial charge < -0.3 is 4.74 Å². The van der Waals surface area contributed by atoms with E-state index in [-0.39, 0.29) is 11.0 Å². The van der Waals surface area contributed by atoms with E-state index >= 15 is 0 Å². The molecule has 0 N–H and O–H groups in total. The first kappa shape index (κ1) is 11.5. The van der Waals surface area contributed by atoms with Crippen LogP contribution < -0.4 is 4.74 Å². The van der Waals surface area contributed by atoms with Gasteiger partial charge in [-0.15, -0.1) is 11.8 Å². The molecule has 86 valence electrons. The van der Waals surface area contributed by atoms with Gasteiger partial charge in [-0.2, -0.15) is 0 Å². The van der Waals surface area contributed by atoms with Crippen LogP contribution in [0, 0.1) is 5.92 Å². The van der Waals surface area contributed by atoms with E-state index in [9.17, 15) is 4.79 Å². The molecule has 0 amide bonds. The molecule has 0 saturated heterocycles. The van der Waals surface area contributed by atoms with E-state index in [1.165, 1.54) is 0 Å². The molecule has 0 fully saturated rings. The average Bonchev–Trinajstić information content (AvgIpc) is 2.28. The molecule has 0 bridgehead atoms. The first-order valence-electron chi connectivity index (χ1n) is 5.47. The number of hydrogen-bond acceptors (Lipinski definition) is 3. The van der Waals surface area contributed by atoms with Gasteiger partial charge in [0, 0.05) is 16.9 Å². The maximum atomic E-state index is 12.2. The molecule has 1 heterocycles. The Balaban J connectivity index is 2.42. The average molecular weight is 236 g/mol. The van der Waals surface area contributed by atoms with Crippen LogP contribution >= 0.6 is 11.8 Å². The van der Waals surface area contributed by atoms with E-state index in [1.54, 1.807) is 18.9 Å². The number of Topliss-reactive ketones (excluding diaryl/α,β-unsaturated/α-hetero) is 1. The van der Waals surface area contributed by atoms with Crippen molar-refractivity contribution in [2.75, 3.05) is 7.11 Å². The Morgan fingerprint density at radius 3 is 2.81 bits per heavy atom.